The minimum absolute atomic E-state index is 0.0576. The Labute approximate surface area is 240 Å². The Morgan fingerprint density at radius 2 is 1.98 bits per heavy atom. The molecule has 2 saturated heterocycles. The number of alkyl halides is 2. The summed E-state index contributed by atoms with van der Waals surface area (Å²) in [5, 5.41) is 10.8. The van der Waals surface area contributed by atoms with Crippen molar-refractivity contribution in [3.8, 4) is 0 Å². The van der Waals surface area contributed by atoms with Crippen molar-refractivity contribution >= 4 is 28.7 Å². The van der Waals surface area contributed by atoms with E-state index in [0.717, 1.165) is 17.8 Å². The first-order valence-electron chi connectivity index (χ1n) is 13.8. The lowest BCUT2D eigenvalue weighted by molar-refractivity contribution is -0.120. The minimum atomic E-state index is -2.23. The van der Waals surface area contributed by atoms with Crippen molar-refractivity contribution in [1.82, 2.24) is 24.9 Å². The summed E-state index contributed by atoms with van der Waals surface area (Å²) in [7, 11) is 0. The molecule has 2 fully saturated rings. The van der Waals surface area contributed by atoms with Crippen LogP contribution in [0.4, 0.5) is 30.5 Å². The van der Waals surface area contributed by atoms with Crippen LogP contribution in [-0.2, 0) is 9.53 Å². The van der Waals surface area contributed by atoms with E-state index in [4.69, 9.17) is 10.5 Å². The maximum absolute atomic E-state index is 15.9. The Morgan fingerprint density at radius 1 is 1.19 bits per heavy atom. The van der Waals surface area contributed by atoms with Gasteiger partial charge in [-0.3, -0.25) is 9.78 Å². The summed E-state index contributed by atoms with van der Waals surface area (Å²) in [6.45, 7) is 5.43. The second-order valence-electron chi connectivity index (χ2n) is 11.6. The van der Waals surface area contributed by atoms with E-state index in [1.165, 1.54) is 18.4 Å². The number of carbonyl (C=O) groups is 1. The highest BCUT2D eigenvalue weighted by molar-refractivity contribution is 5.75. The second-order valence-corrected chi connectivity index (χ2v) is 11.6. The van der Waals surface area contributed by atoms with Crippen LogP contribution in [0, 0.1) is 5.92 Å². The highest BCUT2D eigenvalue weighted by atomic mass is 19.2. The zero-order valence-electron chi connectivity index (χ0n) is 23.5. The van der Waals surface area contributed by atoms with Crippen LogP contribution in [0.5, 0.6) is 0 Å². The van der Waals surface area contributed by atoms with Crippen LogP contribution in [0.25, 0.3) is 5.52 Å². The van der Waals surface area contributed by atoms with E-state index < -0.39 is 23.1 Å². The van der Waals surface area contributed by atoms with Gasteiger partial charge in [0.15, 0.2) is 5.67 Å². The highest BCUT2D eigenvalue weighted by Gasteiger charge is 2.49. The molecule has 1 aliphatic carbocycles. The summed E-state index contributed by atoms with van der Waals surface area (Å²) < 4.78 is 52.6. The average Bonchev–Trinajstić information content (AvgIpc) is 3.30. The number of fused-ring (bicyclic) bond motifs is 1. The molecule has 2 unspecified atom stereocenters. The molecule has 5 atom stereocenters. The predicted molar refractivity (Wildman–Crippen MR) is 152 cm³/mol. The quantitative estimate of drug-likeness (QED) is 0.404. The number of amides is 1. The fraction of sp³-hybridized carbons (Fsp3) is 0.448. The first-order valence-corrected chi connectivity index (χ1v) is 13.8. The van der Waals surface area contributed by atoms with E-state index in [1.807, 2.05) is 13.0 Å². The fourth-order valence-corrected chi connectivity index (χ4v) is 6.09. The van der Waals surface area contributed by atoms with E-state index in [2.05, 4.69) is 30.6 Å². The third-order valence-corrected chi connectivity index (χ3v) is 8.22. The summed E-state index contributed by atoms with van der Waals surface area (Å²) in [5.74, 6) is -1.90. The number of allylic oxidation sites excluding steroid dienone is 3. The number of nitrogens with zero attached hydrogens (tertiary/aromatic N) is 5. The third kappa shape index (κ3) is 5.00. The van der Waals surface area contributed by atoms with E-state index in [0.29, 0.717) is 30.2 Å². The lowest BCUT2D eigenvalue weighted by Gasteiger charge is -2.42. The lowest BCUT2D eigenvalue weighted by atomic mass is 9.77. The highest BCUT2D eigenvalue weighted by Crippen LogP contribution is 2.46. The van der Waals surface area contributed by atoms with E-state index in [9.17, 15) is 9.18 Å². The standard InChI is InChI=1S/C29H33F3N8O2/c1-16-12-39(13-21(33)26(16)36-17(2)41)24-6-7-34-11-23(24)37-27-35-10-19-4-5-22(38-40(19)27)25-20(30)8-18(9-28(25,3)31)29(32)14-42-15-29/h4-11,16,21,25-26H,12-15,33H2,1-3H3,(H,35,37)(H,36,41)/t16-,21+,25?,26-,28?/m0/s1. The molecular weight excluding hydrogens is 549 g/mol. The fourth-order valence-electron chi connectivity index (χ4n) is 6.09. The van der Waals surface area contributed by atoms with E-state index in [-0.39, 0.29) is 48.4 Å². The van der Waals surface area contributed by atoms with Gasteiger partial charge in [-0.1, -0.05) is 6.92 Å². The van der Waals surface area contributed by atoms with Crippen LogP contribution < -0.4 is 21.3 Å². The lowest BCUT2D eigenvalue weighted by Crippen LogP contribution is -2.61. The number of hydrogen-bond acceptors (Lipinski definition) is 8. The van der Waals surface area contributed by atoms with E-state index >= 15 is 8.78 Å². The zero-order chi connectivity index (χ0) is 29.8. The molecule has 5 heterocycles. The van der Waals surface area contributed by atoms with Crippen molar-refractivity contribution in [1.29, 1.82) is 0 Å². The SMILES string of the molecule is CC(=O)N[C@@H]1[C@H](N)CN(c2ccncc2Nc2ncc3ccc(C4C(F)=CC(C5(F)COC5)=CC4(C)F)nn23)C[C@@H]1C. The molecule has 10 nitrogen and oxygen atoms in total. The van der Waals surface area contributed by atoms with Gasteiger partial charge in [0.1, 0.15) is 11.5 Å². The van der Waals surface area contributed by atoms with Gasteiger partial charge in [-0.05, 0) is 48.8 Å². The van der Waals surface area contributed by atoms with Crippen molar-refractivity contribution in [2.75, 3.05) is 36.5 Å². The largest absolute Gasteiger partial charge is 0.374 e. The van der Waals surface area contributed by atoms with Gasteiger partial charge in [-0.2, -0.15) is 9.61 Å². The first kappa shape index (κ1) is 28.2. The number of anilines is 3. The Balaban J connectivity index is 1.28. The summed E-state index contributed by atoms with van der Waals surface area (Å²) in [5.41, 5.74) is 4.47. The number of pyridine rings is 1. The molecule has 222 valence electrons. The van der Waals surface area contributed by atoms with Crippen molar-refractivity contribution in [2.24, 2.45) is 11.7 Å². The smallest absolute Gasteiger partial charge is 0.229 e. The number of piperidine rings is 1. The molecule has 4 N–H and O–H groups in total. The van der Waals surface area contributed by atoms with Crippen LogP contribution in [0.15, 0.2) is 60.3 Å². The van der Waals surface area contributed by atoms with Crippen molar-refractivity contribution in [3.05, 3.63) is 66.0 Å². The van der Waals surface area contributed by atoms with Gasteiger partial charge in [0, 0.05) is 38.3 Å². The number of halogens is 3. The average molecular weight is 583 g/mol. The van der Waals surface area contributed by atoms with Gasteiger partial charge in [0.2, 0.25) is 11.9 Å². The molecule has 0 radical (unpaired) electrons. The number of rotatable bonds is 6. The molecule has 3 aliphatic rings. The molecule has 0 aromatic carbocycles. The Morgan fingerprint density at radius 3 is 2.64 bits per heavy atom. The van der Waals surface area contributed by atoms with Gasteiger partial charge in [-0.25, -0.2) is 18.2 Å². The Bertz CT molecular complexity index is 1570. The minimum Gasteiger partial charge on any atom is -0.374 e. The number of nitrogens with two attached hydrogens (primary N) is 1. The molecule has 0 saturated carbocycles. The summed E-state index contributed by atoms with van der Waals surface area (Å²) in [6.07, 6.45) is 7.11. The monoisotopic (exact) mass is 582 g/mol. The molecule has 3 aromatic rings. The Hall–Kier alpha value is -3.97. The topological polar surface area (TPSA) is 123 Å². The maximum atomic E-state index is 15.9. The van der Waals surface area contributed by atoms with Gasteiger partial charge in [-0.15, -0.1) is 0 Å². The summed E-state index contributed by atoms with van der Waals surface area (Å²) in [6, 6.07) is 4.65. The first-order chi connectivity index (χ1) is 19.9. The predicted octanol–water partition coefficient (Wildman–Crippen LogP) is 3.50. The number of imidazole rings is 1. The Kier molecular flexibility index (Phi) is 6.97. The molecule has 6 rings (SSSR count). The van der Waals surface area contributed by atoms with Crippen molar-refractivity contribution < 1.29 is 22.7 Å². The van der Waals surface area contributed by atoms with Crippen LogP contribution >= 0.6 is 0 Å². The molecule has 13 heteroatoms. The van der Waals surface area contributed by atoms with E-state index in [1.54, 1.807) is 30.7 Å². The molecule has 0 bridgehead atoms. The molecule has 3 aromatic heterocycles. The number of hydrogen-bond donors (Lipinski definition) is 3. The molecular formula is C29H33F3N8O2. The van der Waals surface area contributed by atoms with Gasteiger partial charge in [0.25, 0.3) is 0 Å². The van der Waals surface area contributed by atoms with Crippen molar-refractivity contribution in [2.45, 2.75) is 50.1 Å². The van der Waals surface area contributed by atoms with Gasteiger partial charge >= 0.3 is 0 Å². The summed E-state index contributed by atoms with van der Waals surface area (Å²) >= 11 is 0. The van der Waals surface area contributed by atoms with Crippen LogP contribution in [0.1, 0.15) is 32.4 Å². The van der Waals surface area contributed by atoms with Crippen LogP contribution in [-0.4, -0.2) is 75.2 Å². The van der Waals surface area contributed by atoms with Crippen LogP contribution in [0.2, 0.25) is 0 Å². The number of ether oxygens (including phenoxy) is 1. The molecule has 2 aliphatic heterocycles. The third-order valence-electron chi connectivity index (χ3n) is 8.22. The summed E-state index contributed by atoms with van der Waals surface area (Å²) in [4.78, 5) is 22.5. The zero-order valence-corrected chi connectivity index (χ0v) is 23.5. The number of nitrogens with one attached hydrogen (secondary N) is 2. The molecule has 42 heavy (non-hydrogen) atoms. The normalized spacial score (nSPS) is 29.0. The number of carbonyl (C=O) groups excluding carboxylic acids is 1. The number of aromatic nitrogens is 4. The molecule has 1 amide bonds. The van der Waals surface area contributed by atoms with Gasteiger partial charge < -0.3 is 26.0 Å². The van der Waals surface area contributed by atoms with Gasteiger partial charge in [0.05, 0.1) is 54.1 Å². The second kappa shape index (κ2) is 10.4. The van der Waals surface area contributed by atoms with Crippen molar-refractivity contribution in [3.63, 3.8) is 0 Å². The molecule has 0 spiro atoms. The van der Waals surface area contributed by atoms with Crippen LogP contribution in [0.3, 0.4) is 0 Å². The maximum Gasteiger partial charge on any atom is 0.229 e.